The van der Waals surface area contributed by atoms with Crippen LogP contribution in [0.1, 0.15) is 38.4 Å². The van der Waals surface area contributed by atoms with Crippen LogP contribution in [0.15, 0.2) is 5.03 Å². The first kappa shape index (κ1) is 12.1. The van der Waals surface area contributed by atoms with Gasteiger partial charge in [0.05, 0.1) is 0 Å². The summed E-state index contributed by atoms with van der Waals surface area (Å²) in [5.74, 6) is 3.07. The zero-order chi connectivity index (χ0) is 12.4. The molecule has 0 aromatic carbocycles. The van der Waals surface area contributed by atoms with Gasteiger partial charge >= 0.3 is 0 Å². The number of rotatable bonds is 3. The Bertz CT molecular complexity index is 429. The van der Waals surface area contributed by atoms with E-state index in [-0.39, 0.29) is 0 Å². The summed E-state index contributed by atoms with van der Waals surface area (Å²) in [6.07, 6.45) is 6.12. The highest BCUT2D eigenvalue weighted by molar-refractivity contribution is 7.99. The van der Waals surface area contributed by atoms with Crippen molar-refractivity contribution in [1.82, 2.24) is 9.97 Å². The van der Waals surface area contributed by atoms with Crippen LogP contribution in [-0.4, -0.2) is 28.3 Å². The molecule has 0 bridgehead atoms. The first-order chi connectivity index (χ1) is 8.86. The maximum Gasteiger partial charge on any atom is 0.154 e. The Balaban J connectivity index is 1.89. The van der Waals surface area contributed by atoms with Crippen molar-refractivity contribution in [3.63, 3.8) is 0 Å². The lowest BCUT2D eigenvalue weighted by Gasteiger charge is -2.22. The third-order valence-corrected chi connectivity index (χ3v) is 4.55. The van der Waals surface area contributed by atoms with E-state index in [0.29, 0.717) is 6.04 Å². The molecule has 2 aliphatic rings. The molecule has 0 radical (unpaired) electrons. The van der Waals surface area contributed by atoms with E-state index in [1.54, 1.807) is 0 Å². The monoisotopic (exact) mass is 264 g/mol. The third kappa shape index (κ3) is 2.41. The second-order valence-electron chi connectivity index (χ2n) is 4.92. The molecule has 1 aromatic heterocycles. The molecule has 0 unspecified atom stereocenters. The van der Waals surface area contributed by atoms with Gasteiger partial charge in [0.25, 0.3) is 0 Å². The van der Waals surface area contributed by atoms with Gasteiger partial charge in [0.15, 0.2) is 5.82 Å². The number of hydrogen-bond acceptors (Lipinski definition) is 5. The highest BCUT2D eigenvalue weighted by Gasteiger charge is 2.21. The van der Waals surface area contributed by atoms with Crippen LogP contribution >= 0.6 is 11.8 Å². The van der Waals surface area contributed by atoms with Crippen molar-refractivity contribution in [3.8, 4) is 0 Å². The van der Waals surface area contributed by atoms with Crippen molar-refractivity contribution in [1.29, 1.82) is 0 Å². The van der Waals surface area contributed by atoms with E-state index in [4.69, 9.17) is 0 Å². The molecule has 0 amide bonds. The largest absolute Gasteiger partial charge is 0.379 e. The molecule has 2 heterocycles. The fraction of sp³-hybridized carbons (Fsp3) is 0.692. The minimum Gasteiger partial charge on any atom is -0.379 e. The van der Waals surface area contributed by atoms with Gasteiger partial charge in [0, 0.05) is 24.8 Å². The Hall–Kier alpha value is -0.970. The molecule has 1 saturated carbocycles. The van der Waals surface area contributed by atoms with Crippen molar-refractivity contribution < 1.29 is 0 Å². The van der Waals surface area contributed by atoms with Crippen molar-refractivity contribution in [2.45, 2.75) is 50.1 Å². The smallest absolute Gasteiger partial charge is 0.154 e. The predicted molar refractivity (Wildman–Crippen MR) is 76.5 cm³/mol. The molecular formula is C13H20N4S. The molecule has 98 valence electrons. The third-order valence-electron chi connectivity index (χ3n) is 3.58. The minimum atomic E-state index is 0.599. The summed E-state index contributed by atoms with van der Waals surface area (Å²) in [4.78, 5) is 9.29. The molecule has 0 spiro atoms. The summed E-state index contributed by atoms with van der Waals surface area (Å²) in [7, 11) is 0. The summed E-state index contributed by atoms with van der Waals surface area (Å²) in [6, 6.07) is 0.599. The molecule has 1 aliphatic heterocycles. The number of fused-ring (bicyclic) bond motifs is 1. The van der Waals surface area contributed by atoms with Crippen molar-refractivity contribution in [2.75, 3.05) is 22.9 Å². The fourth-order valence-electron chi connectivity index (χ4n) is 2.60. The summed E-state index contributed by atoms with van der Waals surface area (Å²) < 4.78 is 0. The van der Waals surface area contributed by atoms with Crippen LogP contribution in [0.25, 0.3) is 0 Å². The molecule has 4 nitrogen and oxygen atoms in total. The van der Waals surface area contributed by atoms with E-state index in [1.165, 1.54) is 25.7 Å². The Kier molecular flexibility index (Phi) is 3.59. The Labute approximate surface area is 112 Å². The average molecular weight is 264 g/mol. The lowest BCUT2D eigenvalue weighted by molar-refractivity contribution is 0.744. The zero-order valence-corrected chi connectivity index (χ0v) is 11.6. The van der Waals surface area contributed by atoms with E-state index < -0.39 is 0 Å². The molecule has 3 rings (SSSR count). The normalized spacial score (nSPS) is 19.4. The van der Waals surface area contributed by atoms with Crippen molar-refractivity contribution in [2.24, 2.45) is 0 Å². The first-order valence-electron chi connectivity index (χ1n) is 6.91. The maximum absolute atomic E-state index is 4.67. The van der Waals surface area contributed by atoms with Crippen LogP contribution in [0.5, 0.6) is 0 Å². The van der Waals surface area contributed by atoms with Crippen LogP contribution in [0.4, 0.5) is 11.5 Å². The second-order valence-corrected chi connectivity index (χ2v) is 6.01. The molecular weight excluding hydrogens is 244 g/mol. The molecule has 1 aliphatic carbocycles. The zero-order valence-electron chi connectivity index (χ0n) is 10.8. The van der Waals surface area contributed by atoms with Gasteiger partial charge in [0.1, 0.15) is 16.5 Å². The summed E-state index contributed by atoms with van der Waals surface area (Å²) in [5, 5.41) is 8.18. The highest BCUT2D eigenvalue weighted by atomic mass is 32.2. The maximum atomic E-state index is 4.67. The molecule has 18 heavy (non-hydrogen) atoms. The van der Waals surface area contributed by atoms with Gasteiger partial charge in [-0.25, -0.2) is 9.97 Å². The Morgan fingerprint density at radius 1 is 1.33 bits per heavy atom. The predicted octanol–water partition coefficient (Wildman–Crippen LogP) is 2.91. The van der Waals surface area contributed by atoms with Crippen LogP contribution in [0.3, 0.4) is 0 Å². The van der Waals surface area contributed by atoms with Gasteiger partial charge in [-0.1, -0.05) is 19.8 Å². The van der Waals surface area contributed by atoms with Gasteiger partial charge in [-0.05, 0) is 12.8 Å². The standard InChI is InChI=1S/C13H20N4S/c1-2-10-16-12(15-9-5-3-4-6-9)11-13(17-10)18-8-7-14-11/h9,14H,2-8H2,1H3,(H,15,16,17). The van der Waals surface area contributed by atoms with Crippen LogP contribution in [0, 0.1) is 0 Å². The second kappa shape index (κ2) is 5.34. The number of hydrogen-bond donors (Lipinski definition) is 2. The topological polar surface area (TPSA) is 49.8 Å². The van der Waals surface area contributed by atoms with E-state index in [9.17, 15) is 0 Å². The lowest BCUT2D eigenvalue weighted by Crippen LogP contribution is -2.21. The molecule has 1 fully saturated rings. The van der Waals surface area contributed by atoms with Crippen LogP contribution < -0.4 is 10.6 Å². The Morgan fingerprint density at radius 2 is 2.17 bits per heavy atom. The van der Waals surface area contributed by atoms with Crippen LogP contribution in [0.2, 0.25) is 0 Å². The highest BCUT2D eigenvalue weighted by Crippen LogP contribution is 2.35. The first-order valence-corrected chi connectivity index (χ1v) is 7.89. The quantitative estimate of drug-likeness (QED) is 0.822. The van der Waals surface area contributed by atoms with Gasteiger partial charge in [-0.2, -0.15) is 0 Å². The van der Waals surface area contributed by atoms with E-state index in [1.807, 2.05) is 11.8 Å². The fourth-order valence-corrected chi connectivity index (χ4v) is 3.48. The van der Waals surface area contributed by atoms with Crippen molar-refractivity contribution in [3.05, 3.63) is 5.82 Å². The number of aromatic nitrogens is 2. The molecule has 0 saturated heterocycles. The number of aryl methyl sites for hydroxylation is 1. The molecule has 5 heteroatoms. The summed E-state index contributed by atoms with van der Waals surface area (Å²) in [5.41, 5.74) is 1.12. The van der Waals surface area contributed by atoms with E-state index in [0.717, 1.165) is 41.1 Å². The Morgan fingerprint density at radius 3 is 2.94 bits per heavy atom. The number of anilines is 2. The van der Waals surface area contributed by atoms with Gasteiger partial charge in [0.2, 0.25) is 0 Å². The number of thioether (sulfide) groups is 1. The lowest BCUT2D eigenvalue weighted by atomic mass is 10.2. The summed E-state index contributed by atoms with van der Waals surface area (Å²) in [6.45, 7) is 3.12. The van der Waals surface area contributed by atoms with Gasteiger partial charge in [-0.15, -0.1) is 11.8 Å². The van der Waals surface area contributed by atoms with Crippen molar-refractivity contribution >= 4 is 23.3 Å². The van der Waals surface area contributed by atoms with Crippen LogP contribution in [-0.2, 0) is 6.42 Å². The minimum absolute atomic E-state index is 0.599. The SMILES string of the molecule is CCc1nc(NC2CCCC2)c2c(n1)SCCN2. The summed E-state index contributed by atoms with van der Waals surface area (Å²) >= 11 is 1.84. The van der Waals surface area contributed by atoms with Gasteiger partial charge in [-0.3, -0.25) is 0 Å². The molecule has 2 N–H and O–H groups in total. The molecule has 1 aromatic rings. The number of nitrogens with one attached hydrogen (secondary N) is 2. The number of nitrogens with zero attached hydrogens (tertiary/aromatic N) is 2. The molecule has 0 atom stereocenters. The van der Waals surface area contributed by atoms with E-state index in [2.05, 4.69) is 27.5 Å². The van der Waals surface area contributed by atoms with Gasteiger partial charge < -0.3 is 10.6 Å². The van der Waals surface area contributed by atoms with E-state index >= 15 is 0 Å². The average Bonchev–Trinajstić information content (AvgIpc) is 2.91.